The molecule has 18 heavy (non-hydrogen) atoms. The van der Waals surface area contributed by atoms with E-state index in [-0.39, 0.29) is 0 Å². The molecule has 0 unspecified atom stereocenters. The highest BCUT2D eigenvalue weighted by Gasteiger charge is 2.16. The third kappa shape index (κ3) is 2.42. The monoisotopic (exact) mass is 246 g/mol. The summed E-state index contributed by atoms with van der Waals surface area (Å²) >= 11 is 0. The van der Waals surface area contributed by atoms with Gasteiger partial charge in [-0.1, -0.05) is 18.2 Å². The van der Waals surface area contributed by atoms with Gasteiger partial charge < -0.3 is 14.6 Å². The van der Waals surface area contributed by atoms with Crippen molar-refractivity contribution in [2.75, 3.05) is 20.6 Å². The van der Waals surface area contributed by atoms with Crippen LogP contribution in [0.15, 0.2) is 30.5 Å². The first kappa shape index (κ1) is 13.1. The van der Waals surface area contributed by atoms with E-state index in [1.807, 2.05) is 31.1 Å². The summed E-state index contributed by atoms with van der Waals surface area (Å²) in [6.07, 6.45) is 1.65. The van der Waals surface area contributed by atoms with Crippen LogP contribution >= 0.6 is 0 Å². The van der Waals surface area contributed by atoms with Gasteiger partial charge in [0.25, 0.3) is 0 Å². The van der Waals surface area contributed by atoms with Gasteiger partial charge in [-0.3, -0.25) is 0 Å². The number of aromatic nitrogens is 1. The van der Waals surface area contributed by atoms with Gasteiger partial charge in [0.15, 0.2) is 0 Å². The zero-order valence-corrected chi connectivity index (χ0v) is 11.6. The number of fused-ring (bicyclic) bond motifs is 1. The summed E-state index contributed by atoms with van der Waals surface area (Å²) in [5, 5.41) is 11.5. The van der Waals surface area contributed by atoms with Gasteiger partial charge in [-0.15, -0.1) is 0 Å². The Morgan fingerprint density at radius 3 is 2.50 bits per heavy atom. The van der Waals surface area contributed by atoms with Crippen molar-refractivity contribution in [3.63, 3.8) is 0 Å². The van der Waals surface area contributed by atoms with Gasteiger partial charge in [0.1, 0.15) is 0 Å². The Hall–Kier alpha value is -1.32. The molecule has 0 spiro atoms. The van der Waals surface area contributed by atoms with E-state index in [4.69, 9.17) is 0 Å². The number of hydrogen-bond donors (Lipinski definition) is 1. The first-order valence-corrected chi connectivity index (χ1v) is 6.43. The molecular formula is C15H22N2O. The molecule has 0 amide bonds. The van der Waals surface area contributed by atoms with E-state index in [1.54, 1.807) is 0 Å². The van der Waals surface area contributed by atoms with Crippen LogP contribution in [0, 0.1) is 0 Å². The van der Waals surface area contributed by atoms with E-state index in [9.17, 15) is 5.11 Å². The van der Waals surface area contributed by atoms with Crippen LogP contribution in [-0.2, 0) is 0 Å². The molecule has 1 aromatic heterocycles. The summed E-state index contributed by atoms with van der Waals surface area (Å²) in [4.78, 5) is 2.01. The highest BCUT2D eigenvalue weighted by atomic mass is 16.3. The fourth-order valence-corrected chi connectivity index (χ4v) is 2.37. The lowest BCUT2D eigenvalue weighted by atomic mass is 10.1. The zero-order chi connectivity index (χ0) is 13.3. The molecule has 98 valence electrons. The number of hydrogen-bond acceptors (Lipinski definition) is 2. The van der Waals surface area contributed by atoms with Crippen LogP contribution < -0.4 is 0 Å². The average molecular weight is 246 g/mol. The molecule has 2 aromatic rings. The molecule has 1 N–H and O–H groups in total. The second kappa shape index (κ2) is 5.12. The number of para-hydroxylation sites is 1. The second-order valence-electron chi connectivity index (χ2n) is 5.38. The smallest absolute Gasteiger partial charge is 0.0937 e. The average Bonchev–Trinajstić information content (AvgIpc) is 2.67. The lowest BCUT2D eigenvalue weighted by Gasteiger charge is -2.15. The predicted molar refractivity (Wildman–Crippen MR) is 75.8 cm³/mol. The lowest BCUT2D eigenvalue weighted by Crippen LogP contribution is -2.19. The van der Waals surface area contributed by atoms with Crippen molar-refractivity contribution in [1.82, 2.24) is 9.47 Å². The summed E-state index contributed by atoms with van der Waals surface area (Å²) < 4.78 is 2.23. The van der Waals surface area contributed by atoms with Crippen LogP contribution in [0.5, 0.6) is 0 Å². The summed E-state index contributed by atoms with van der Waals surface area (Å²) in [6.45, 7) is 4.97. The molecule has 0 aliphatic carbocycles. The molecule has 1 aromatic carbocycles. The number of aliphatic hydroxyl groups is 1. The minimum absolute atomic E-state index is 0.398. The van der Waals surface area contributed by atoms with Crippen molar-refractivity contribution in [2.45, 2.75) is 26.0 Å². The Balaban J connectivity index is 2.51. The SMILES string of the molecule is CC(C)n1cc([C@@H](O)CN(C)C)c2ccccc21. The van der Waals surface area contributed by atoms with E-state index in [0.29, 0.717) is 12.6 Å². The van der Waals surface area contributed by atoms with E-state index in [2.05, 4.69) is 36.7 Å². The van der Waals surface area contributed by atoms with Gasteiger partial charge >= 0.3 is 0 Å². The number of benzene rings is 1. The molecule has 3 nitrogen and oxygen atoms in total. The van der Waals surface area contributed by atoms with Crippen molar-refractivity contribution in [1.29, 1.82) is 0 Å². The Morgan fingerprint density at radius 1 is 1.22 bits per heavy atom. The van der Waals surface area contributed by atoms with Crippen LogP contribution in [0.3, 0.4) is 0 Å². The number of likely N-dealkylation sites (N-methyl/N-ethyl adjacent to an activating group) is 1. The van der Waals surface area contributed by atoms with Gasteiger partial charge in [-0.2, -0.15) is 0 Å². The maximum absolute atomic E-state index is 10.3. The normalized spacial score (nSPS) is 13.7. The molecule has 0 bridgehead atoms. The van der Waals surface area contributed by atoms with E-state index >= 15 is 0 Å². The largest absolute Gasteiger partial charge is 0.387 e. The third-order valence-corrected chi connectivity index (χ3v) is 3.22. The van der Waals surface area contributed by atoms with Gasteiger partial charge in [-0.05, 0) is 34.0 Å². The van der Waals surface area contributed by atoms with Crippen molar-refractivity contribution in [3.05, 3.63) is 36.0 Å². The molecule has 0 saturated carbocycles. The van der Waals surface area contributed by atoms with E-state index in [0.717, 1.165) is 10.9 Å². The predicted octanol–water partition coefficient (Wildman–Crippen LogP) is 2.82. The number of aliphatic hydroxyl groups excluding tert-OH is 1. The second-order valence-corrected chi connectivity index (χ2v) is 5.38. The summed E-state index contributed by atoms with van der Waals surface area (Å²) in [5.74, 6) is 0. The number of rotatable bonds is 4. The minimum atomic E-state index is -0.440. The molecule has 0 saturated heterocycles. The summed E-state index contributed by atoms with van der Waals surface area (Å²) in [7, 11) is 3.95. The molecule has 0 fully saturated rings. The van der Waals surface area contributed by atoms with Crippen molar-refractivity contribution in [2.24, 2.45) is 0 Å². The lowest BCUT2D eigenvalue weighted by molar-refractivity contribution is 0.139. The molecule has 0 radical (unpaired) electrons. The van der Waals surface area contributed by atoms with Crippen molar-refractivity contribution < 1.29 is 5.11 Å². The maximum Gasteiger partial charge on any atom is 0.0937 e. The summed E-state index contributed by atoms with van der Waals surface area (Å²) in [6, 6.07) is 8.67. The van der Waals surface area contributed by atoms with Crippen LogP contribution in [0.1, 0.15) is 31.6 Å². The maximum atomic E-state index is 10.3. The number of nitrogens with zero attached hydrogens (tertiary/aromatic N) is 2. The Morgan fingerprint density at radius 2 is 1.89 bits per heavy atom. The fourth-order valence-electron chi connectivity index (χ4n) is 2.37. The van der Waals surface area contributed by atoms with E-state index < -0.39 is 6.10 Å². The first-order valence-electron chi connectivity index (χ1n) is 6.43. The van der Waals surface area contributed by atoms with Crippen LogP contribution in [-0.4, -0.2) is 35.2 Å². The van der Waals surface area contributed by atoms with Gasteiger partial charge in [0, 0.05) is 35.2 Å². The molecule has 0 aliphatic rings. The molecule has 2 rings (SSSR count). The van der Waals surface area contributed by atoms with Gasteiger partial charge in [0.05, 0.1) is 6.10 Å². The van der Waals surface area contributed by atoms with Gasteiger partial charge in [0.2, 0.25) is 0 Å². The van der Waals surface area contributed by atoms with Crippen molar-refractivity contribution in [3.8, 4) is 0 Å². The Labute approximate surface area is 109 Å². The Bertz CT molecular complexity index is 528. The highest BCUT2D eigenvalue weighted by molar-refractivity contribution is 5.84. The highest BCUT2D eigenvalue weighted by Crippen LogP contribution is 2.29. The molecule has 1 atom stereocenters. The zero-order valence-electron chi connectivity index (χ0n) is 11.6. The quantitative estimate of drug-likeness (QED) is 0.898. The topological polar surface area (TPSA) is 28.4 Å². The first-order chi connectivity index (χ1) is 8.50. The molecule has 0 aliphatic heterocycles. The summed E-state index contributed by atoms with van der Waals surface area (Å²) in [5.41, 5.74) is 2.22. The standard InChI is InChI=1S/C15H22N2O/c1-11(2)17-9-13(15(18)10-16(3)4)12-7-5-6-8-14(12)17/h5-9,11,15,18H,10H2,1-4H3/t15-/m0/s1. The van der Waals surface area contributed by atoms with Gasteiger partial charge in [-0.25, -0.2) is 0 Å². The van der Waals surface area contributed by atoms with E-state index in [1.165, 1.54) is 5.52 Å². The van der Waals surface area contributed by atoms with Crippen LogP contribution in [0.4, 0.5) is 0 Å². The fraction of sp³-hybridized carbons (Fsp3) is 0.467. The van der Waals surface area contributed by atoms with Crippen LogP contribution in [0.2, 0.25) is 0 Å². The molecule has 1 heterocycles. The Kier molecular flexibility index (Phi) is 3.73. The molecule has 3 heteroatoms. The molecular weight excluding hydrogens is 224 g/mol. The minimum Gasteiger partial charge on any atom is -0.387 e. The third-order valence-electron chi connectivity index (χ3n) is 3.22. The van der Waals surface area contributed by atoms with Crippen molar-refractivity contribution >= 4 is 10.9 Å². The van der Waals surface area contributed by atoms with Crippen LogP contribution in [0.25, 0.3) is 10.9 Å².